The van der Waals surface area contributed by atoms with E-state index in [2.05, 4.69) is 15.9 Å². The van der Waals surface area contributed by atoms with E-state index in [0.29, 0.717) is 6.61 Å². The Bertz CT molecular complexity index is 281. The van der Waals surface area contributed by atoms with Crippen molar-refractivity contribution < 1.29 is 4.74 Å². The summed E-state index contributed by atoms with van der Waals surface area (Å²) in [5, 5.41) is 8.37. The Hall–Kier alpha value is -0.830. The van der Waals surface area contributed by atoms with Crippen molar-refractivity contribution in [3.63, 3.8) is 0 Å². The highest BCUT2D eigenvalue weighted by molar-refractivity contribution is 9.08. The largest absolute Gasteiger partial charge is 0.478 e. The molecule has 1 aromatic carbocycles. The lowest BCUT2D eigenvalue weighted by Crippen LogP contribution is -2.04. The number of benzene rings is 1. The van der Waals surface area contributed by atoms with E-state index in [9.17, 15) is 0 Å². The highest BCUT2D eigenvalue weighted by Crippen LogP contribution is 2.08. The molecule has 0 aromatic heterocycles. The Morgan fingerprint density at radius 2 is 2.00 bits per heavy atom. The summed E-state index contributed by atoms with van der Waals surface area (Å²) in [6, 6.07) is 7.76. The molecule has 70 valence electrons. The van der Waals surface area contributed by atoms with Crippen LogP contribution in [0.15, 0.2) is 24.3 Å². The van der Waals surface area contributed by atoms with E-state index in [4.69, 9.17) is 10.1 Å². The van der Waals surface area contributed by atoms with E-state index in [1.165, 1.54) is 5.56 Å². The van der Waals surface area contributed by atoms with Gasteiger partial charge in [-0.05, 0) is 24.6 Å². The zero-order valence-corrected chi connectivity index (χ0v) is 9.10. The van der Waals surface area contributed by atoms with Crippen LogP contribution in [0.25, 0.3) is 0 Å². The molecule has 2 nitrogen and oxygen atoms in total. The Labute approximate surface area is 86.6 Å². The van der Waals surface area contributed by atoms with Crippen molar-refractivity contribution in [2.24, 2.45) is 0 Å². The molecule has 0 aliphatic rings. The first-order valence-corrected chi connectivity index (χ1v) is 5.26. The van der Waals surface area contributed by atoms with Crippen molar-refractivity contribution in [2.45, 2.75) is 12.3 Å². The highest BCUT2D eigenvalue weighted by atomic mass is 79.9. The van der Waals surface area contributed by atoms with Gasteiger partial charge in [-0.3, -0.25) is 5.41 Å². The highest BCUT2D eigenvalue weighted by Gasteiger charge is 2.00. The third kappa shape index (κ3) is 2.84. The van der Waals surface area contributed by atoms with E-state index in [-0.39, 0.29) is 5.90 Å². The van der Waals surface area contributed by atoms with Crippen molar-refractivity contribution >= 4 is 21.8 Å². The lowest BCUT2D eigenvalue weighted by Gasteiger charge is -2.04. The summed E-state index contributed by atoms with van der Waals surface area (Å²) in [4.78, 5) is 0. The van der Waals surface area contributed by atoms with Crippen LogP contribution < -0.4 is 0 Å². The summed E-state index contributed by atoms with van der Waals surface area (Å²) < 4.78 is 5.07. The minimum atomic E-state index is 0.239. The molecule has 0 unspecified atom stereocenters. The standard InChI is InChI=1S/C10H12BrNO/c1-2-13-10(12)9-5-3-8(7-11)4-6-9/h3-6,12H,2,7H2,1H3. The minimum absolute atomic E-state index is 0.239. The predicted molar refractivity (Wildman–Crippen MR) is 57.5 cm³/mol. The SMILES string of the molecule is CCOC(=N)c1ccc(CBr)cc1. The second-order valence-corrected chi connectivity index (χ2v) is 3.15. The Morgan fingerprint density at radius 1 is 1.38 bits per heavy atom. The summed E-state index contributed by atoms with van der Waals surface area (Å²) >= 11 is 3.36. The monoisotopic (exact) mass is 241 g/mol. The van der Waals surface area contributed by atoms with Crippen LogP contribution in [-0.4, -0.2) is 12.5 Å². The van der Waals surface area contributed by atoms with Gasteiger partial charge in [-0.1, -0.05) is 28.1 Å². The topological polar surface area (TPSA) is 33.1 Å². The fourth-order valence-corrected chi connectivity index (χ4v) is 1.35. The molecule has 0 amide bonds. The van der Waals surface area contributed by atoms with Crippen molar-refractivity contribution in [1.82, 2.24) is 0 Å². The van der Waals surface area contributed by atoms with Gasteiger partial charge in [0.05, 0.1) is 6.61 Å². The number of halogens is 1. The second kappa shape index (κ2) is 5.02. The van der Waals surface area contributed by atoms with E-state index >= 15 is 0 Å². The number of rotatable bonds is 3. The number of hydrogen-bond acceptors (Lipinski definition) is 2. The molecule has 1 N–H and O–H groups in total. The van der Waals surface area contributed by atoms with Crippen LogP contribution in [-0.2, 0) is 10.1 Å². The molecule has 13 heavy (non-hydrogen) atoms. The van der Waals surface area contributed by atoms with Gasteiger partial charge in [-0.2, -0.15) is 0 Å². The maximum atomic E-state index is 7.52. The van der Waals surface area contributed by atoms with E-state index in [1.807, 2.05) is 31.2 Å². The molecule has 0 saturated heterocycles. The van der Waals surface area contributed by atoms with E-state index < -0.39 is 0 Å². The van der Waals surface area contributed by atoms with Crippen LogP contribution >= 0.6 is 15.9 Å². The number of alkyl halides is 1. The molecule has 0 aliphatic heterocycles. The molecule has 1 aromatic rings. The van der Waals surface area contributed by atoms with Gasteiger partial charge in [-0.25, -0.2) is 0 Å². The molecule has 3 heteroatoms. The van der Waals surface area contributed by atoms with Gasteiger partial charge in [-0.15, -0.1) is 0 Å². The van der Waals surface area contributed by atoms with Crippen LogP contribution in [0.3, 0.4) is 0 Å². The zero-order valence-electron chi connectivity index (χ0n) is 7.51. The lowest BCUT2D eigenvalue weighted by atomic mass is 10.1. The average Bonchev–Trinajstić information content (AvgIpc) is 2.18. The fourth-order valence-electron chi connectivity index (χ4n) is 0.973. The first-order valence-electron chi connectivity index (χ1n) is 4.14. The summed E-state index contributed by atoms with van der Waals surface area (Å²) in [7, 11) is 0. The number of hydrogen-bond donors (Lipinski definition) is 1. The molecule has 0 spiro atoms. The summed E-state index contributed by atoms with van der Waals surface area (Å²) in [5.41, 5.74) is 2.03. The van der Waals surface area contributed by atoms with Crippen LogP contribution in [0, 0.1) is 5.41 Å². The smallest absolute Gasteiger partial charge is 0.213 e. The van der Waals surface area contributed by atoms with Gasteiger partial charge in [0.15, 0.2) is 0 Å². The van der Waals surface area contributed by atoms with Crippen molar-refractivity contribution in [2.75, 3.05) is 6.61 Å². The Morgan fingerprint density at radius 3 is 2.46 bits per heavy atom. The van der Waals surface area contributed by atoms with E-state index in [0.717, 1.165) is 10.9 Å². The van der Waals surface area contributed by atoms with Crippen LogP contribution in [0.4, 0.5) is 0 Å². The molecule has 0 saturated carbocycles. The first kappa shape index (κ1) is 10.3. The van der Waals surface area contributed by atoms with Crippen LogP contribution in [0.5, 0.6) is 0 Å². The first-order chi connectivity index (χ1) is 6.27. The third-order valence-corrected chi connectivity index (χ3v) is 2.31. The van der Waals surface area contributed by atoms with Gasteiger partial charge in [0.1, 0.15) is 0 Å². The Kier molecular flexibility index (Phi) is 3.96. The summed E-state index contributed by atoms with van der Waals surface area (Å²) in [6.45, 7) is 2.42. The van der Waals surface area contributed by atoms with Gasteiger partial charge >= 0.3 is 0 Å². The molecule has 1 rings (SSSR count). The lowest BCUT2D eigenvalue weighted by molar-refractivity contribution is 0.325. The quantitative estimate of drug-likeness (QED) is 0.493. The van der Waals surface area contributed by atoms with E-state index in [1.54, 1.807) is 0 Å². The molecule has 0 heterocycles. The third-order valence-electron chi connectivity index (χ3n) is 1.66. The van der Waals surface area contributed by atoms with Crippen molar-refractivity contribution in [3.05, 3.63) is 35.4 Å². The van der Waals surface area contributed by atoms with Gasteiger partial charge < -0.3 is 4.74 Å². The maximum Gasteiger partial charge on any atom is 0.213 e. The number of nitrogens with one attached hydrogen (secondary N) is 1. The predicted octanol–water partition coefficient (Wildman–Crippen LogP) is 2.94. The molecule has 0 bridgehead atoms. The second-order valence-electron chi connectivity index (χ2n) is 2.59. The van der Waals surface area contributed by atoms with Crippen molar-refractivity contribution in [3.8, 4) is 0 Å². The van der Waals surface area contributed by atoms with Gasteiger partial charge in [0, 0.05) is 10.9 Å². The molecule has 0 atom stereocenters. The molecule has 0 radical (unpaired) electrons. The molecule has 0 fully saturated rings. The summed E-state index contributed by atoms with van der Waals surface area (Å²) in [6.07, 6.45) is 0. The molecule has 0 aliphatic carbocycles. The van der Waals surface area contributed by atoms with Crippen molar-refractivity contribution in [1.29, 1.82) is 5.41 Å². The molecular weight excluding hydrogens is 230 g/mol. The average molecular weight is 242 g/mol. The van der Waals surface area contributed by atoms with Gasteiger partial charge in [0.25, 0.3) is 0 Å². The zero-order chi connectivity index (χ0) is 9.68. The minimum Gasteiger partial charge on any atom is -0.478 e. The Balaban J connectivity index is 2.74. The van der Waals surface area contributed by atoms with Crippen LogP contribution in [0.2, 0.25) is 0 Å². The van der Waals surface area contributed by atoms with Crippen LogP contribution in [0.1, 0.15) is 18.1 Å². The fraction of sp³-hybridized carbons (Fsp3) is 0.300. The van der Waals surface area contributed by atoms with Gasteiger partial charge in [0.2, 0.25) is 5.90 Å². The normalized spacial score (nSPS) is 9.69. The molecular formula is C10H12BrNO. The summed E-state index contributed by atoms with van der Waals surface area (Å²) in [5.74, 6) is 0.239. The number of ether oxygens (including phenoxy) is 1. The maximum absolute atomic E-state index is 7.52.